The van der Waals surface area contributed by atoms with Gasteiger partial charge in [-0.2, -0.15) is 0 Å². The highest BCUT2D eigenvalue weighted by molar-refractivity contribution is 7.91. The normalized spacial score (nSPS) is 20.9. The monoisotopic (exact) mass is 323 g/mol. The molecule has 0 aliphatic carbocycles. The molecule has 0 unspecified atom stereocenters. The molecule has 5 heteroatoms. The molecule has 1 aliphatic rings. The number of benzene rings is 1. The summed E-state index contributed by atoms with van der Waals surface area (Å²) in [6.07, 6.45) is 5.88. The second-order valence-electron chi connectivity index (χ2n) is 5.71. The number of sulfone groups is 1. The lowest BCUT2D eigenvalue weighted by molar-refractivity contribution is 0.162. The molecule has 0 bridgehead atoms. The third kappa shape index (κ3) is 5.55. The van der Waals surface area contributed by atoms with Crippen molar-refractivity contribution in [2.24, 2.45) is 0 Å². The highest BCUT2D eigenvalue weighted by Gasteiger charge is 2.31. The zero-order chi connectivity index (χ0) is 15.8. The predicted molar refractivity (Wildman–Crippen MR) is 90.6 cm³/mol. The van der Waals surface area contributed by atoms with Crippen molar-refractivity contribution < 1.29 is 13.2 Å². The third-order valence-electron chi connectivity index (χ3n) is 3.97. The topological polar surface area (TPSA) is 46.6 Å². The Bertz CT molecular complexity index is 569. The Morgan fingerprint density at radius 3 is 2.73 bits per heavy atom. The molecule has 1 fully saturated rings. The largest absolute Gasteiger partial charge is 0.385 e. The summed E-state index contributed by atoms with van der Waals surface area (Å²) in [4.78, 5) is 2.27. The molecule has 0 spiro atoms. The van der Waals surface area contributed by atoms with Crippen molar-refractivity contribution >= 4 is 15.9 Å². The highest BCUT2D eigenvalue weighted by atomic mass is 32.2. The first kappa shape index (κ1) is 17.2. The van der Waals surface area contributed by atoms with Crippen LogP contribution in [0.3, 0.4) is 0 Å². The first-order valence-corrected chi connectivity index (χ1v) is 9.58. The van der Waals surface area contributed by atoms with Gasteiger partial charge in [-0.3, -0.25) is 4.90 Å². The van der Waals surface area contributed by atoms with E-state index >= 15 is 0 Å². The Morgan fingerprint density at radius 2 is 2.09 bits per heavy atom. The Balaban J connectivity index is 1.94. The van der Waals surface area contributed by atoms with Gasteiger partial charge in [0.05, 0.1) is 11.5 Å². The second-order valence-corrected chi connectivity index (χ2v) is 7.94. The van der Waals surface area contributed by atoms with Crippen LogP contribution in [-0.2, 0) is 14.6 Å². The van der Waals surface area contributed by atoms with Gasteiger partial charge in [0, 0.05) is 32.8 Å². The van der Waals surface area contributed by atoms with E-state index in [0.717, 1.165) is 25.9 Å². The van der Waals surface area contributed by atoms with Gasteiger partial charge in [-0.15, -0.1) is 0 Å². The van der Waals surface area contributed by atoms with E-state index < -0.39 is 9.84 Å². The molecule has 0 N–H and O–H groups in total. The van der Waals surface area contributed by atoms with Crippen molar-refractivity contribution in [2.75, 3.05) is 38.3 Å². The molecule has 1 aliphatic heterocycles. The lowest BCUT2D eigenvalue weighted by Crippen LogP contribution is -2.37. The quantitative estimate of drug-likeness (QED) is 0.688. The fourth-order valence-electron chi connectivity index (χ4n) is 2.79. The van der Waals surface area contributed by atoms with Crippen molar-refractivity contribution in [2.45, 2.75) is 18.9 Å². The van der Waals surface area contributed by atoms with Crippen LogP contribution in [0.4, 0.5) is 0 Å². The van der Waals surface area contributed by atoms with Crippen LogP contribution in [0.15, 0.2) is 36.4 Å². The van der Waals surface area contributed by atoms with Crippen LogP contribution in [0.25, 0.3) is 6.08 Å². The standard InChI is InChI=1S/C17H25NO3S/c1-21-13-6-12-18(17-10-14-22(19,20)15-17)11-5-9-16-7-3-2-4-8-16/h2-5,7-9,17H,6,10-15H2,1H3/b9-5+/t17-/m1/s1. The first-order chi connectivity index (χ1) is 10.6. The molecule has 22 heavy (non-hydrogen) atoms. The Morgan fingerprint density at radius 1 is 1.32 bits per heavy atom. The van der Waals surface area contributed by atoms with Crippen molar-refractivity contribution in [1.29, 1.82) is 0 Å². The molecule has 1 saturated heterocycles. The minimum Gasteiger partial charge on any atom is -0.385 e. The van der Waals surface area contributed by atoms with Crippen molar-refractivity contribution in [1.82, 2.24) is 4.90 Å². The molecule has 122 valence electrons. The minimum atomic E-state index is -2.85. The molecule has 0 amide bonds. The fraction of sp³-hybridized carbons (Fsp3) is 0.529. The summed E-state index contributed by atoms with van der Waals surface area (Å²) in [6, 6.07) is 10.3. The van der Waals surface area contributed by atoms with Crippen molar-refractivity contribution in [3.63, 3.8) is 0 Å². The zero-order valence-electron chi connectivity index (χ0n) is 13.1. The molecule has 1 aromatic rings. The first-order valence-electron chi connectivity index (χ1n) is 7.76. The van der Waals surface area contributed by atoms with Gasteiger partial charge >= 0.3 is 0 Å². The van der Waals surface area contributed by atoms with Crippen LogP contribution in [0.5, 0.6) is 0 Å². The van der Waals surface area contributed by atoms with E-state index in [1.54, 1.807) is 7.11 Å². The van der Waals surface area contributed by atoms with Crippen LogP contribution in [0.2, 0.25) is 0 Å². The van der Waals surface area contributed by atoms with E-state index in [0.29, 0.717) is 18.1 Å². The molecular formula is C17H25NO3S. The van der Waals surface area contributed by atoms with Crippen molar-refractivity contribution in [3.8, 4) is 0 Å². The minimum absolute atomic E-state index is 0.141. The summed E-state index contributed by atoms with van der Waals surface area (Å²) in [6.45, 7) is 2.35. The van der Waals surface area contributed by atoms with Gasteiger partial charge < -0.3 is 4.74 Å². The van der Waals surface area contributed by atoms with Gasteiger partial charge in [0.15, 0.2) is 9.84 Å². The summed E-state index contributed by atoms with van der Waals surface area (Å²) in [7, 11) is -1.15. The smallest absolute Gasteiger partial charge is 0.151 e. The number of ether oxygens (including phenoxy) is 1. The number of hydrogen-bond donors (Lipinski definition) is 0. The van der Waals surface area contributed by atoms with E-state index in [-0.39, 0.29) is 6.04 Å². The summed E-state index contributed by atoms with van der Waals surface area (Å²) in [5, 5.41) is 0. The van der Waals surface area contributed by atoms with Gasteiger partial charge in [0.1, 0.15) is 0 Å². The maximum atomic E-state index is 11.7. The molecule has 4 nitrogen and oxygen atoms in total. The molecule has 1 aromatic carbocycles. The maximum absolute atomic E-state index is 11.7. The zero-order valence-corrected chi connectivity index (χ0v) is 14.0. The molecule has 1 heterocycles. The average molecular weight is 323 g/mol. The Labute approximate surface area is 133 Å². The third-order valence-corrected chi connectivity index (χ3v) is 5.72. The van der Waals surface area contributed by atoms with Crippen LogP contribution in [-0.4, -0.2) is 57.7 Å². The van der Waals surface area contributed by atoms with Gasteiger partial charge in [0.25, 0.3) is 0 Å². The molecule has 1 atom stereocenters. The van der Waals surface area contributed by atoms with Crippen LogP contribution >= 0.6 is 0 Å². The average Bonchev–Trinajstić information content (AvgIpc) is 2.87. The summed E-state index contributed by atoms with van der Waals surface area (Å²) < 4.78 is 28.5. The number of methoxy groups -OCH3 is 1. The summed E-state index contributed by atoms with van der Waals surface area (Å²) in [5.74, 6) is 0.611. The Kier molecular flexibility index (Phi) is 6.61. The van der Waals surface area contributed by atoms with Crippen molar-refractivity contribution in [3.05, 3.63) is 42.0 Å². The van der Waals surface area contributed by atoms with E-state index in [9.17, 15) is 8.42 Å². The molecule has 0 radical (unpaired) electrons. The van der Waals surface area contributed by atoms with Gasteiger partial charge in [-0.25, -0.2) is 8.42 Å². The van der Waals surface area contributed by atoms with E-state index in [4.69, 9.17) is 4.74 Å². The van der Waals surface area contributed by atoms with E-state index in [2.05, 4.69) is 29.2 Å². The SMILES string of the molecule is COCCCN(C/C=C/c1ccccc1)[C@@H]1CCS(=O)(=O)C1. The van der Waals surface area contributed by atoms with Gasteiger partial charge in [-0.05, 0) is 18.4 Å². The molecule has 2 rings (SSSR count). The molecule has 0 aromatic heterocycles. The lowest BCUT2D eigenvalue weighted by Gasteiger charge is -2.26. The maximum Gasteiger partial charge on any atom is 0.151 e. The van der Waals surface area contributed by atoms with Crippen LogP contribution < -0.4 is 0 Å². The number of hydrogen-bond acceptors (Lipinski definition) is 4. The van der Waals surface area contributed by atoms with Crippen LogP contribution in [0, 0.1) is 0 Å². The summed E-state index contributed by atoms with van der Waals surface area (Å²) >= 11 is 0. The molecule has 0 saturated carbocycles. The predicted octanol–water partition coefficient (Wildman–Crippen LogP) is 2.23. The van der Waals surface area contributed by atoms with E-state index in [1.165, 1.54) is 5.56 Å². The lowest BCUT2D eigenvalue weighted by atomic mass is 10.2. The Hall–Kier alpha value is -1.17. The highest BCUT2D eigenvalue weighted by Crippen LogP contribution is 2.18. The van der Waals surface area contributed by atoms with E-state index in [1.807, 2.05) is 18.2 Å². The fourth-order valence-corrected chi connectivity index (χ4v) is 4.55. The number of rotatable bonds is 8. The molecular weight excluding hydrogens is 298 g/mol. The summed E-state index contributed by atoms with van der Waals surface area (Å²) in [5.41, 5.74) is 1.17. The van der Waals surface area contributed by atoms with Gasteiger partial charge in [0.2, 0.25) is 0 Å². The number of nitrogens with zero attached hydrogens (tertiary/aromatic N) is 1. The van der Waals surface area contributed by atoms with Gasteiger partial charge in [-0.1, -0.05) is 42.5 Å². The van der Waals surface area contributed by atoms with Crippen LogP contribution in [0.1, 0.15) is 18.4 Å². The second kappa shape index (κ2) is 8.46.